The molecule has 1 aromatic heterocycles. The first kappa shape index (κ1) is 11.7. The first-order valence-corrected chi connectivity index (χ1v) is 6.58. The summed E-state index contributed by atoms with van der Waals surface area (Å²) in [6, 6.07) is 8.31. The summed E-state index contributed by atoms with van der Waals surface area (Å²) in [5.74, 6) is 0. The second-order valence-electron chi connectivity index (χ2n) is 5.07. The highest BCUT2D eigenvalue weighted by Crippen LogP contribution is 2.35. The molecule has 1 fully saturated rings. The summed E-state index contributed by atoms with van der Waals surface area (Å²) in [5, 5.41) is 18.6. The summed E-state index contributed by atoms with van der Waals surface area (Å²) in [7, 11) is 0. The van der Waals surface area contributed by atoms with Crippen LogP contribution in [0.4, 0.5) is 0 Å². The lowest BCUT2D eigenvalue weighted by molar-refractivity contribution is 0.229. The van der Waals surface area contributed by atoms with Crippen LogP contribution in [-0.4, -0.2) is 27.0 Å². The summed E-state index contributed by atoms with van der Waals surface area (Å²) in [4.78, 5) is 0. The lowest BCUT2D eigenvalue weighted by Crippen LogP contribution is -2.34. The molecule has 3 rings (SSSR count). The van der Waals surface area contributed by atoms with Crippen molar-refractivity contribution in [1.29, 1.82) is 0 Å². The van der Waals surface area contributed by atoms with Gasteiger partial charge < -0.3 is 10.4 Å². The van der Waals surface area contributed by atoms with Gasteiger partial charge in [0.1, 0.15) is 0 Å². The fraction of sp³-hybridized carbons (Fsp3) is 0.500. The minimum atomic E-state index is -0.0307. The summed E-state index contributed by atoms with van der Waals surface area (Å²) < 4.78 is 2.03. The Hall–Kier alpha value is -1.39. The minimum absolute atomic E-state index is 0.0307. The number of para-hydroxylation sites is 1. The number of benzene rings is 1. The number of aliphatic hydroxyl groups excluding tert-OH is 1. The van der Waals surface area contributed by atoms with Crippen molar-refractivity contribution >= 4 is 10.9 Å². The Kier molecular flexibility index (Phi) is 2.84. The second-order valence-corrected chi connectivity index (χ2v) is 5.07. The number of nitrogens with zero attached hydrogens (tertiary/aromatic N) is 2. The first-order valence-electron chi connectivity index (χ1n) is 6.58. The van der Waals surface area contributed by atoms with Gasteiger partial charge in [0.2, 0.25) is 0 Å². The van der Waals surface area contributed by atoms with Crippen LogP contribution in [0, 0.1) is 0 Å². The maximum absolute atomic E-state index is 9.31. The topological polar surface area (TPSA) is 50.1 Å². The van der Waals surface area contributed by atoms with Crippen LogP contribution < -0.4 is 5.32 Å². The van der Waals surface area contributed by atoms with Crippen LogP contribution in [0.25, 0.3) is 10.9 Å². The Morgan fingerprint density at radius 1 is 1.39 bits per heavy atom. The van der Waals surface area contributed by atoms with Crippen molar-refractivity contribution < 1.29 is 5.11 Å². The molecule has 2 aromatic rings. The quantitative estimate of drug-likeness (QED) is 0.842. The van der Waals surface area contributed by atoms with Crippen LogP contribution in [0.15, 0.2) is 24.3 Å². The SMILES string of the molecule is CCn1nc(CNC2(CO)CC2)c2ccccc21. The third-order valence-corrected chi connectivity index (χ3v) is 3.82. The van der Waals surface area contributed by atoms with Crippen LogP contribution >= 0.6 is 0 Å². The van der Waals surface area contributed by atoms with Crippen LogP contribution in [0.1, 0.15) is 25.5 Å². The van der Waals surface area contributed by atoms with E-state index in [0.717, 1.165) is 31.6 Å². The summed E-state index contributed by atoms with van der Waals surface area (Å²) in [5.41, 5.74) is 2.23. The van der Waals surface area contributed by atoms with Gasteiger partial charge in [0.15, 0.2) is 0 Å². The Balaban J connectivity index is 1.87. The van der Waals surface area contributed by atoms with E-state index in [2.05, 4.69) is 29.5 Å². The molecule has 0 spiro atoms. The van der Waals surface area contributed by atoms with E-state index in [9.17, 15) is 5.11 Å². The van der Waals surface area contributed by atoms with Crippen molar-refractivity contribution in [3.05, 3.63) is 30.0 Å². The summed E-state index contributed by atoms with van der Waals surface area (Å²) >= 11 is 0. The molecular formula is C14H19N3O. The van der Waals surface area contributed by atoms with Crippen molar-refractivity contribution in [2.75, 3.05) is 6.61 Å². The maximum atomic E-state index is 9.31. The van der Waals surface area contributed by atoms with Crippen molar-refractivity contribution in [2.24, 2.45) is 0 Å². The zero-order valence-electron chi connectivity index (χ0n) is 10.7. The van der Waals surface area contributed by atoms with E-state index in [4.69, 9.17) is 0 Å². The molecule has 0 radical (unpaired) electrons. The molecule has 4 nitrogen and oxygen atoms in total. The fourth-order valence-electron chi connectivity index (χ4n) is 2.38. The molecule has 1 aliphatic rings. The fourth-order valence-corrected chi connectivity index (χ4v) is 2.38. The minimum Gasteiger partial charge on any atom is -0.394 e. The van der Waals surface area contributed by atoms with Gasteiger partial charge in [0, 0.05) is 24.0 Å². The van der Waals surface area contributed by atoms with Crippen molar-refractivity contribution in [1.82, 2.24) is 15.1 Å². The van der Waals surface area contributed by atoms with Crippen LogP contribution in [0.3, 0.4) is 0 Å². The van der Waals surface area contributed by atoms with E-state index in [1.54, 1.807) is 0 Å². The molecule has 0 bridgehead atoms. The summed E-state index contributed by atoms with van der Waals surface area (Å²) in [6.45, 7) is 3.94. The average Bonchev–Trinajstić information content (AvgIpc) is 3.12. The normalized spacial score (nSPS) is 17.2. The smallest absolute Gasteiger partial charge is 0.0841 e. The predicted molar refractivity (Wildman–Crippen MR) is 71.3 cm³/mol. The Labute approximate surface area is 107 Å². The summed E-state index contributed by atoms with van der Waals surface area (Å²) in [6.07, 6.45) is 2.13. The number of nitrogens with one attached hydrogen (secondary N) is 1. The van der Waals surface area contributed by atoms with E-state index in [1.165, 1.54) is 10.9 Å². The number of hydrogen-bond donors (Lipinski definition) is 2. The zero-order chi connectivity index (χ0) is 12.6. The van der Waals surface area contributed by atoms with E-state index < -0.39 is 0 Å². The number of aromatic nitrogens is 2. The first-order chi connectivity index (χ1) is 8.78. The number of rotatable bonds is 5. The maximum Gasteiger partial charge on any atom is 0.0841 e. The number of hydrogen-bond acceptors (Lipinski definition) is 3. The molecule has 1 saturated carbocycles. The average molecular weight is 245 g/mol. The van der Waals surface area contributed by atoms with E-state index in [0.29, 0.717) is 0 Å². The lowest BCUT2D eigenvalue weighted by atomic mass is 10.2. The number of fused-ring (bicyclic) bond motifs is 1. The van der Waals surface area contributed by atoms with Crippen LogP contribution in [0.5, 0.6) is 0 Å². The van der Waals surface area contributed by atoms with Crippen LogP contribution in [0.2, 0.25) is 0 Å². The highest BCUT2D eigenvalue weighted by atomic mass is 16.3. The van der Waals surface area contributed by atoms with Gasteiger partial charge in [0.05, 0.1) is 17.8 Å². The van der Waals surface area contributed by atoms with Gasteiger partial charge in [-0.05, 0) is 25.8 Å². The zero-order valence-corrected chi connectivity index (χ0v) is 10.7. The standard InChI is InChI=1S/C14H19N3O/c1-2-17-13-6-4-3-5-11(13)12(16-17)9-15-14(10-18)7-8-14/h3-6,15,18H,2,7-10H2,1H3. The van der Waals surface area contributed by atoms with Gasteiger partial charge in [-0.1, -0.05) is 18.2 Å². The van der Waals surface area contributed by atoms with E-state index >= 15 is 0 Å². The molecule has 0 aliphatic heterocycles. The van der Waals surface area contributed by atoms with Crippen molar-refractivity contribution in [2.45, 2.75) is 38.4 Å². The van der Waals surface area contributed by atoms with Gasteiger partial charge in [0.25, 0.3) is 0 Å². The predicted octanol–water partition coefficient (Wildman–Crippen LogP) is 1.67. The van der Waals surface area contributed by atoms with Crippen LogP contribution in [-0.2, 0) is 13.1 Å². The monoisotopic (exact) mass is 245 g/mol. The van der Waals surface area contributed by atoms with E-state index in [-0.39, 0.29) is 12.1 Å². The molecule has 0 atom stereocenters. The van der Waals surface area contributed by atoms with Gasteiger partial charge in [-0.3, -0.25) is 4.68 Å². The van der Waals surface area contributed by atoms with E-state index in [1.807, 2.05) is 16.8 Å². The molecule has 1 aromatic carbocycles. The second kappa shape index (κ2) is 4.37. The lowest BCUT2D eigenvalue weighted by Gasteiger charge is -2.12. The Bertz CT molecular complexity index is 557. The Morgan fingerprint density at radius 2 is 2.17 bits per heavy atom. The molecule has 0 saturated heterocycles. The highest BCUT2D eigenvalue weighted by Gasteiger charge is 2.41. The number of aryl methyl sites for hydroxylation is 1. The molecular weight excluding hydrogens is 226 g/mol. The molecule has 18 heavy (non-hydrogen) atoms. The Morgan fingerprint density at radius 3 is 2.83 bits per heavy atom. The van der Waals surface area contributed by atoms with Crippen molar-refractivity contribution in [3.8, 4) is 0 Å². The third-order valence-electron chi connectivity index (χ3n) is 3.82. The van der Waals surface area contributed by atoms with Gasteiger partial charge in [-0.25, -0.2) is 0 Å². The van der Waals surface area contributed by atoms with Gasteiger partial charge >= 0.3 is 0 Å². The molecule has 0 amide bonds. The molecule has 1 heterocycles. The number of aliphatic hydroxyl groups is 1. The van der Waals surface area contributed by atoms with Gasteiger partial charge in [-0.15, -0.1) is 0 Å². The molecule has 2 N–H and O–H groups in total. The molecule has 0 unspecified atom stereocenters. The third kappa shape index (κ3) is 1.91. The molecule has 4 heteroatoms. The van der Waals surface area contributed by atoms with Gasteiger partial charge in [-0.2, -0.15) is 5.10 Å². The largest absolute Gasteiger partial charge is 0.394 e. The molecule has 1 aliphatic carbocycles. The highest BCUT2D eigenvalue weighted by molar-refractivity contribution is 5.81. The molecule has 96 valence electrons. The van der Waals surface area contributed by atoms with Crippen molar-refractivity contribution in [3.63, 3.8) is 0 Å².